The van der Waals surface area contributed by atoms with Crippen LogP contribution in [0.5, 0.6) is 0 Å². The molecule has 62 heavy (non-hydrogen) atoms. The fourth-order valence-corrected chi connectivity index (χ4v) is 9.95. The smallest absolute Gasteiger partial charge is 0.410 e. The Bertz CT molecular complexity index is 2010. The maximum absolute atomic E-state index is 14.3. The largest absolute Gasteiger partial charge is 0.458 e. The summed E-state index contributed by atoms with van der Waals surface area (Å²) in [4.78, 5) is 45.7. The van der Waals surface area contributed by atoms with Crippen molar-refractivity contribution in [1.29, 1.82) is 0 Å². The molecule has 3 fully saturated rings. The van der Waals surface area contributed by atoms with Crippen LogP contribution in [0.3, 0.4) is 0 Å². The number of Topliss-reactive ketones (excluding diaryl/α,β-unsaturated/α-hetero) is 1. The van der Waals surface area contributed by atoms with E-state index in [0.717, 1.165) is 16.7 Å². The van der Waals surface area contributed by atoms with Crippen molar-refractivity contribution >= 4 is 28.9 Å². The summed E-state index contributed by atoms with van der Waals surface area (Å²) in [5.41, 5.74) is 0.0143. The number of likely N-dealkylation sites (N-methyl/N-ethyl adjacent to an activating group) is 1. The normalized spacial score (nSPS) is 36.4. The molecule has 3 aromatic rings. The number of nitrogens with one attached hydrogen (secondary N) is 1. The van der Waals surface area contributed by atoms with Gasteiger partial charge in [0.15, 0.2) is 17.7 Å². The Balaban J connectivity index is 1.21. The summed E-state index contributed by atoms with van der Waals surface area (Å²) in [7, 11) is 5.03. The molecule has 1 aromatic carbocycles. The number of ketones is 1. The maximum Gasteiger partial charge on any atom is 0.410 e. The summed E-state index contributed by atoms with van der Waals surface area (Å²) in [6.07, 6.45) is -2.80. The zero-order chi connectivity index (χ0) is 45.3. The number of aliphatic hydroxyl groups is 2. The summed E-state index contributed by atoms with van der Waals surface area (Å²) < 4.78 is 34.8. The standard InChI is InChI=1S/C43H67N9O10/c1-12-32-43(8)37(51(41(57)62-43)20-16-15-19-50-22-29(45-47-50)23-52-31-18-14-13-17-30(31)46-48-52)27(5)44-24(2)21-42(7,58-11)38(25(3)34(53)26(4)39(56)60-32)61-40-36(55)33(49(9)10)35(54)28(6)59-40/h13-14,17-18,22,24-28,32-33,35-38,40,44,54-55H,12,15-16,19-21,23H2,1-11H3/t24-,25+,26-,27-,28-,32-,33+,35-,36-,37-,38-,40+,42+,43-/m1/s1. The van der Waals surface area contributed by atoms with Crippen molar-refractivity contribution in [1.82, 2.24) is 45.1 Å². The van der Waals surface area contributed by atoms with Gasteiger partial charge in [0.25, 0.3) is 0 Å². The van der Waals surface area contributed by atoms with Crippen LogP contribution in [0.2, 0.25) is 0 Å². The molecule has 19 nitrogen and oxygen atoms in total. The molecule has 5 heterocycles. The molecule has 3 saturated heterocycles. The lowest BCUT2D eigenvalue weighted by atomic mass is 9.78. The number of methoxy groups -OCH3 is 1. The first-order valence-electron chi connectivity index (χ1n) is 21.9. The number of unbranched alkanes of at least 4 members (excludes halogenated alkanes) is 1. The molecule has 344 valence electrons. The van der Waals surface area contributed by atoms with Gasteiger partial charge in [0.05, 0.1) is 54.3 Å². The number of hydrogen-bond donors (Lipinski definition) is 3. The Morgan fingerprint density at radius 3 is 2.39 bits per heavy atom. The highest BCUT2D eigenvalue weighted by Crippen LogP contribution is 2.40. The Labute approximate surface area is 363 Å². The van der Waals surface area contributed by atoms with Crippen LogP contribution >= 0.6 is 0 Å². The number of carbonyl (C=O) groups excluding carboxylic acids is 3. The zero-order valence-corrected chi connectivity index (χ0v) is 38.0. The highest BCUT2D eigenvalue weighted by Gasteiger charge is 2.59. The number of amides is 1. The average molecular weight is 870 g/mol. The van der Waals surface area contributed by atoms with Crippen molar-refractivity contribution in [3.8, 4) is 0 Å². The summed E-state index contributed by atoms with van der Waals surface area (Å²) in [6, 6.07) is 5.77. The number of aliphatic hydroxyl groups excluding tert-OH is 2. The molecule has 14 atom stereocenters. The molecule has 3 N–H and O–H groups in total. The number of benzene rings is 1. The van der Waals surface area contributed by atoms with E-state index in [0.29, 0.717) is 45.3 Å². The third-order valence-corrected chi connectivity index (χ3v) is 13.3. The molecule has 3 aliphatic rings. The van der Waals surface area contributed by atoms with Gasteiger partial charge in [0.1, 0.15) is 29.3 Å². The van der Waals surface area contributed by atoms with E-state index in [9.17, 15) is 24.6 Å². The van der Waals surface area contributed by atoms with Crippen molar-refractivity contribution in [2.75, 3.05) is 27.7 Å². The van der Waals surface area contributed by atoms with E-state index in [1.165, 1.54) is 14.0 Å². The predicted molar refractivity (Wildman–Crippen MR) is 226 cm³/mol. The van der Waals surface area contributed by atoms with E-state index in [2.05, 4.69) is 25.9 Å². The van der Waals surface area contributed by atoms with Crippen molar-refractivity contribution in [2.24, 2.45) is 11.8 Å². The SMILES string of the molecule is CC[C@H]1OC(=O)[C@H](C)C(=O)[C@H](C)[C@@H](O[C@@H]2O[C@H](C)[C@@H](O)[C@H](N(C)C)[C@H]2O)[C@@](C)(OC)C[C@@H](C)N[C@H](C)[C@H]2N(CCCCn3cc(Cn4nnc5ccccc54)nn3)C(=O)O[C@]12C. The number of hydrogen-bond acceptors (Lipinski definition) is 16. The summed E-state index contributed by atoms with van der Waals surface area (Å²) in [6.45, 7) is 15.7. The van der Waals surface area contributed by atoms with E-state index in [4.69, 9.17) is 23.7 Å². The van der Waals surface area contributed by atoms with Crippen LogP contribution in [0.25, 0.3) is 11.0 Å². The van der Waals surface area contributed by atoms with Crippen molar-refractivity contribution in [3.05, 3.63) is 36.2 Å². The Hall–Kier alpha value is -4.11. The maximum atomic E-state index is 14.3. The number of cyclic esters (lactones) is 1. The molecule has 1 amide bonds. The molecule has 0 saturated carbocycles. The Morgan fingerprint density at radius 2 is 1.69 bits per heavy atom. The lowest BCUT2D eigenvalue weighted by molar-refractivity contribution is -0.313. The second kappa shape index (κ2) is 19.3. The van der Waals surface area contributed by atoms with Gasteiger partial charge < -0.3 is 44.1 Å². The highest BCUT2D eigenvalue weighted by molar-refractivity contribution is 6.00. The predicted octanol–water partition coefficient (Wildman–Crippen LogP) is 2.55. The van der Waals surface area contributed by atoms with Crippen LogP contribution in [-0.2, 0) is 46.4 Å². The quantitative estimate of drug-likeness (QED) is 0.135. The van der Waals surface area contributed by atoms with E-state index in [1.54, 1.807) is 54.0 Å². The second-order valence-corrected chi connectivity index (χ2v) is 18.1. The van der Waals surface area contributed by atoms with Gasteiger partial charge in [-0.25, -0.2) is 9.48 Å². The molecule has 3 aliphatic heterocycles. The van der Waals surface area contributed by atoms with Gasteiger partial charge >= 0.3 is 12.1 Å². The van der Waals surface area contributed by atoms with Gasteiger partial charge in [0, 0.05) is 38.2 Å². The summed E-state index contributed by atoms with van der Waals surface area (Å²) in [5.74, 6) is -3.37. The lowest BCUT2D eigenvalue weighted by Crippen LogP contribution is -2.65. The van der Waals surface area contributed by atoms with Crippen LogP contribution in [0.4, 0.5) is 4.79 Å². The minimum absolute atomic E-state index is 0.280. The number of nitrogens with zero attached hydrogens (tertiary/aromatic N) is 8. The minimum Gasteiger partial charge on any atom is -0.458 e. The topological polar surface area (TPSA) is 218 Å². The van der Waals surface area contributed by atoms with Crippen molar-refractivity contribution in [3.63, 3.8) is 0 Å². The number of para-hydroxylation sites is 1. The Kier molecular flexibility index (Phi) is 14.8. The van der Waals surface area contributed by atoms with E-state index in [-0.39, 0.29) is 12.1 Å². The number of fused-ring (bicyclic) bond motifs is 2. The number of aromatic nitrogens is 6. The molecule has 0 aliphatic carbocycles. The molecule has 19 heteroatoms. The third-order valence-electron chi connectivity index (χ3n) is 13.3. The lowest BCUT2D eigenvalue weighted by Gasteiger charge is -2.48. The van der Waals surface area contributed by atoms with Crippen LogP contribution in [0, 0.1) is 11.8 Å². The number of rotatable bonds is 12. The molecule has 2 aromatic heterocycles. The number of ether oxygens (including phenoxy) is 5. The summed E-state index contributed by atoms with van der Waals surface area (Å²) in [5, 5.41) is 43.2. The van der Waals surface area contributed by atoms with Crippen molar-refractivity contribution in [2.45, 2.75) is 166 Å². The third kappa shape index (κ3) is 9.54. The second-order valence-electron chi connectivity index (χ2n) is 18.1. The fraction of sp³-hybridized carbons (Fsp3) is 0.744. The van der Waals surface area contributed by atoms with E-state index < -0.39 is 89.8 Å². The number of aryl methyl sites for hydroxylation is 1. The van der Waals surface area contributed by atoms with Gasteiger partial charge in [-0.2, -0.15) is 0 Å². The first-order chi connectivity index (χ1) is 29.3. The number of esters is 1. The minimum atomic E-state index is -1.28. The molecular formula is C43H67N9O10. The van der Waals surface area contributed by atoms with Gasteiger partial charge in [-0.1, -0.05) is 36.4 Å². The molecular weight excluding hydrogens is 803 g/mol. The Morgan fingerprint density at radius 1 is 0.984 bits per heavy atom. The summed E-state index contributed by atoms with van der Waals surface area (Å²) >= 11 is 0. The van der Waals surface area contributed by atoms with Crippen LogP contribution < -0.4 is 5.32 Å². The van der Waals surface area contributed by atoms with Gasteiger partial charge in [-0.3, -0.25) is 19.2 Å². The van der Waals surface area contributed by atoms with E-state index in [1.807, 2.05) is 58.2 Å². The average Bonchev–Trinajstić information content (AvgIpc) is 3.93. The van der Waals surface area contributed by atoms with Gasteiger partial charge in [-0.05, 0) is 93.5 Å². The van der Waals surface area contributed by atoms with Gasteiger partial charge in [0.2, 0.25) is 0 Å². The monoisotopic (exact) mass is 870 g/mol. The van der Waals surface area contributed by atoms with Gasteiger partial charge in [-0.15, -0.1) is 10.2 Å². The first kappa shape index (κ1) is 47.4. The van der Waals surface area contributed by atoms with Crippen LogP contribution in [-0.4, -0.2) is 168 Å². The molecule has 0 bridgehead atoms. The molecule has 0 radical (unpaired) electrons. The van der Waals surface area contributed by atoms with Crippen molar-refractivity contribution < 1.29 is 48.3 Å². The van der Waals surface area contributed by atoms with E-state index >= 15 is 0 Å². The molecule has 6 rings (SSSR count). The van der Waals surface area contributed by atoms with Crippen LogP contribution in [0.15, 0.2) is 30.5 Å². The highest BCUT2D eigenvalue weighted by atomic mass is 16.7. The number of carbonyl (C=O) groups is 3. The molecule has 0 unspecified atom stereocenters. The molecule has 0 spiro atoms. The zero-order valence-electron chi connectivity index (χ0n) is 38.0. The van der Waals surface area contributed by atoms with Crippen LogP contribution in [0.1, 0.15) is 86.8 Å². The fourth-order valence-electron chi connectivity index (χ4n) is 9.95. The first-order valence-corrected chi connectivity index (χ1v) is 21.9.